The van der Waals surface area contributed by atoms with Gasteiger partial charge in [0.15, 0.2) is 5.11 Å². The lowest BCUT2D eigenvalue weighted by Crippen LogP contribution is -2.60. The third-order valence-electron chi connectivity index (χ3n) is 4.49. The number of thiocarbonyl (C=S) groups is 1. The van der Waals surface area contributed by atoms with Gasteiger partial charge in [-0.15, -0.1) is 0 Å². The van der Waals surface area contributed by atoms with E-state index >= 15 is 0 Å². The van der Waals surface area contributed by atoms with E-state index in [0.29, 0.717) is 35.3 Å². The van der Waals surface area contributed by atoms with Crippen LogP contribution < -0.4 is 15.4 Å². The Hall–Kier alpha value is -2.20. The van der Waals surface area contributed by atoms with Gasteiger partial charge in [-0.25, -0.2) is 0 Å². The van der Waals surface area contributed by atoms with Crippen LogP contribution in [0.15, 0.2) is 22.7 Å². The Morgan fingerprint density at radius 2 is 2.17 bits per heavy atom. The summed E-state index contributed by atoms with van der Waals surface area (Å²) in [6.07, 6.45) is 0.278. The molecule has 0 radical (unpaired) electrons. The van der Waals surface area contributed by atoms with Crippen molar-refractivity contribution in [3.63, 3.8) is 0 Å². The molecule has 0 bridgehead atoms. The number of methoxy groups -OCH3 is 1. The average molecular weight is 486 g/mol. The van der Waals surface area contributed by atoms with Crippen molar-refractivity contribution in [2.75, 3.05) is 20.2 Å². The van der Waals surface area contributed by atoms with Crippen molar-refractivity contribution < 1.29 is 23.9 Å². The Kier molecular flexibility index (Phi) is 8.39. The summed E-state index contributed by atoms with van der Waals surface area (Å²) in [5.41, 5.74) is 0.290. The first-order chi connectivity index (χ1) is 13.8. The highest BCUT2D eigenvalue weighted by molar-refractivity contribution is 9.10. The Balaban J connectivity index is 2.12. The number of carbonyl (C=O) groups excluding carboxylic acids is 3. The van der Waals surface area contributed by atoms with Crippen molar-refractivity contribution in [2.24, 2.45) is 0 Å². The zero-order valence-electron chi connectivity index (χ0n) is 16.5. The number of nitrogens with zero attached hydrogens (tertiary/aromatic N) is 1. The highest BCUT2D eigenvalue weighted by atomic mass is 79.9. The normalized spacial score (nSPS) is 17.2. The van der Waals surface area contributed by atoms with Crippen LogP contribution >= 0.6 is 28.1 Å². The monoisotopic (exact) mass is 485 g/mol. The molecule has 158 valence electrons. The lowest BCUT2D eigenvalue weighted by Gasteiger charge is -2.36. The van der Waals surface area contributed by atoms with E-state index in [1.54, 1.807) is 25.1 Å². The SMILES string of the molecule is CCC(C)OC(=O)CC1C(=O)NCCN1C(=S)NC(=O)c1cc(Br)ccc1OC. The molecule has 0 aromatic heterocycles. The van der Waals surface area contributed by atoms with Gasteiger partial charge in [0.25, 0.3) is 5.91 Å². The molecule has 1 aliphatic heterocycles. The van der Waals surface area contributed by atoms with E-state index in [1.165, 1.54) is 12.0 Å². The van der Waals surface area contributed by atoms with E-state index in [1.807, 2.05) is 6.92 Å². The van der Waals surface area contributed by atoms with Crippen LogP contribution in [-0.2, 0) is 14.3 Å². The van der Waals surface area contributed by atoms with Crippen LogP contribution in [0.5, 0.6) is 5.75 Å². The van der Waals surface area contributed by atoms with Gasteiger partial charge >= 0.3 is 5.97 Å². The summed E-state index contributed by atoms with van der Waals surface area (Å²) in [7, 11) is 1.46. The number of benzene rings is 1. The standard InChI is InChI=1S/C19H24BrN3O5S/c1-4-11(2)28-16(24)10-14-18(26)21-7-8-23(14)19(29)22-17(25)13-9-12(20)5-6-15(13)27-3/h5-6,9,11,14H,4,7-8,10H2,1-3H3,(H,21,26)(H,22,25,29). The molecule has 2 amide bonds. The first-order valence-corrected chi connectivity index (χ1v) is 10.4. The Morgan fingerprint density at radius 1 is 1.45 bits per heavy atom. The lowest BCUT2D eigenvalue weighted by molar-refractivity contribution is -0.151. The maximum atomic E-state index is 12.7. The Labute approximate surface area is 183 Å². The minimum absolute atomic E-state index is 0.0632. The number of esters is 1. The molecule has 2 unspecified atom stereocenters. The Bertz CT molecular complexity index is 804. The molecular weight excluding hydrogens is 462 g/mol. The van der Waals surface area contributed by atoms with Crippen molar-refractivity contribution in [3.8, 4) is 5.75 Å². The molecule has 0 spiro atoms. The van der Waals surface area contributed by atoms with Gasteiger partial charge in [-0.2, -0.15) is 0 Å². The van der Waals surface area contributed by atoms with Gasteiger partial charge in [0.2, 0.25) is 5.91 Å². The number of hydrogen-bond donors (Lipinski definition) is 2. The van der Waals surface area contributed by atoms with Crippen molar-refractivity contribution in [1.82, 2.24) is 15.5 Å². The van der Waals surface area contributed by atoms with Crippen LogP contribution in [0, 0.1) is 0 Å². The van der Waals surface area contributed by atoms with E-state index in [2.05, 4.69) is 26.6 Å². The van der Waals surface area contributed by atoms with Gasteiger partial charge in [-0.3, -0.25) is 19.7 Å². The molecule has 1 aromatic rings. The fourth-order valence-electron chi connectivity index (χ4n) is 2.77. The molecule has 0 aliphatic carbocycles. The molecule has 0 saturated carbocycles. The molecule has 2 atom stereocenters. The topological polar surface area (TPSA) is 97.0 Å². The fraction of sp³-hybridized carbons (Fsp3) is 0.474. The third kappa shape index (κ3) is 6.14. The molecular formula is C19H24BrN3O5S. The van der Waals surface area contributed by atoms with E-state index in [9.17, 15) is 14.4 Å². The number of rotatable bonds is 6. The number of carbonyl (C=O) groups is 3. The van der Waals surface area contributed by atoms with Gasteiger partial charge in [0, 0.05) is 17.6 Å². The molecule has 2 N–H and O–H groups in total. The number of amides is 2. The first-order valence-electron chi connectivity index (χ1n) is 9.19. The summed E-state index contributed by atoms with van der Waals surface area (Å²) in [5.74, 6) is -0.915. The molecule has 1 aromatic carbocycles. The van der Waals surface area contributed by atoms with Crippen LogP contribution in [0.25, 0.3) is 0 Å². The molecule has 1 aliphatic rings. The minimum atomic E-state index is -0.850. The fourth-order valence-corrected chi connectivity index (χ4v) is 3.44. The van der Waals surface area contributed by atoms with E-state index < -0.39 is 17.9 Å². The number of ether oxygens (including phenoxy) is 2. The van der Waals surface area contributed by atoms with Gasteiger partial charge in [-0.05, 0) is 43.8 Å². The summed E-state index contributed by atoms with van der Waals surface area (Å²) in [6, 6.07) is 4.17. The summed E-state index contributed by atoms with van der Waals surface area (Å²) in [5, 5.41) is 5.41. The van der Waals surface area contributed by atoms with Crippen LogP contribution in [0.2, 0.25) is 0 Å². The molecule has 1 fully saturated rings. The largest absolute Gasteiger partial charge is 0.496 e. The van der Waals surface area contributed by atoms with Crippen LogP contribution in [0.3, 0.4) is 0 Å². The molecule has 10 heteroatoms. The van der Waals surface area contributed by atoms with Crippen LogP contribution in [0.4, 0.5) is 0 Å². The maximum Gasteiger partial charge on any atom is 0.308 e. The number of nitrogens with one attached hydrogen (secondary N) is 2. The molecule has 1 heterocycles. The van der Waals surface area contributed by atoms with E-state index in [4.69, 9.17) is 21.7 Å². The number of piperazine rings is 1. The first kappa shape index (κ1) is 23.1. The van der Waals surface area contributed by atoms with Crippen LogP contribution in [-0.4, -0.2) is 60.1 Å². The van der Waals surface area contributed by atoms with Crippen LogP contribution in [0.1, 0.15) is 37.0 Å². The van der Waals surface area contributed by atoms with Crippen molar-refractivity contribution in [2.45, 2.75) is 38.8 Å². The van der Waals surface area contributed by atoms with Crippen molar-refractivity contribution in [3.05, 3.63) is 28.2 Å². The smallest absolute Gasteiger partial charge is 0.308 e. The minimum Gasteiger partial charge on any atom is -0.496 e. The third-order valence-corrected chi connectivity index (χ3v) is 5.32. The van der Waals surface area contributed by atoms with Gasteiger partial charge in [0.1, 0.15) is 11.8 Å². The second-order valence-corrected chi connectivity index (χ2v) is 7.82. The summed E-state index contributed by atoms with van der Waals surface area (Å²) >= 11 is 8.69. The highest BCUT2D eigenvalue weighted by Crippen LogP contribution is 2.23. The van der Waals surface area contributed by atoms with Gasteiger partial charge in [0.05, 0.1) is 25.2 Å². The lowest BCUT2D eigenvalue weighted by atomic mass is 10.1. The highest BCUT2D eigenvalue weighted by Gasteiger charge is 2.34. The second kappa shape index (κ2) is 10.5. The zero-order valence-corrected chi connectivity index (χ0v) is 18.9. The molecule has 2 rings (SSSR count). The van der Waals surface area contributed by atoms with Crippen molar-refractivity contribution >= 4 is 51.0 Å². The number of hydrogen-bond acceptors (Lipinski definition) is 6. The van der Waals surface area contributed by atoms with Crippen molar-refractivity contribution in [1.29, 1.82) is 0 Å². The summed E-state index contributed by atoms with van der Waals surface area (Å²) in [4.78, 5) is 38.8. The average Bonchev–Trinajstić information content (AvgIpc) is 2.69. The maximum absolute atomic E-state index is 12.7. The van der Waals surface area contributed by atoms with Gasteiger partial charge < -0.3 is 19.7 Å². The predicted molar refractivity (Wildman–Crippen MR) is 115 cm³/mol. The van der Waals surface area contributed by atoms with E-state index in [-0.39, 0.29) is 23.5 Å². The number of halogens is 1. The second-order valence-electron chi connectivity index (χ2n) is 6.52. The summed E-state index contributed by atoms with van der Waals surface area (Å²) < 4.78 is 11.2. The predicted octanol–water partition coefficient (Wildman–Crippen LogP) is 2.00. The summed E-state index contributed by atoms with van der Waals surface area (Å²) in [6.45, 7) is 4.40. The molecule has 29 heavy (non-hydrogen) atoms. The Morgan fingerprint density at radius 3 is 2.83 bits per heavy atom. The zero-order chi connectivity index (χ0) is 21.6. The molecule has 1 saturated heterocycles. The molecule has 8 nitrogen and oxygen atoms in total. The quantitative estimate of drug-likeness (QED) is 0.469. The van der Waals surface area contributed by atoms with E-state index in [0.717, 1.165) is 0 Å². The van der Waals surface area contributed by atoms with Gasteiger partial charge in [-0.1, -0.05) is 22.9 Å².